The zero-order valence-corrected chi connectivity index (χ0v) is 20.0. The molecule has 2 aromatic rings. The molecule has 0 heterocycles. The van der Waals surface area contributed by atoms with Crippen molar-refractivity contribution in [3.05, 3.63) is 59.7 Å². The van der Waals surface area contributed by atoms with Crippen molar-refractivity contribution < 1.29 is 24.2 Å². The van der Waals surface area contributed by atoms with Gasteiger partial charge >= 0.3 is 12.1 Å². The maximum atomic E-state index is 12.5. The predicted molar refractivity (Wildman–Crippen MR) is 131 cm³/mol. The Morgan fingerprint density at radius 3 is 2.14 bits per heavy atom. The van der Waals surface area contributed by atoms with Crippen molar-refractivity contribution in [1.82, 2.24) is 10.2 Å². The number of benzene rings is 2. The number of aliphatic carboxylic acids is 1. The molecule has 0 spiro atoms. The molecule has 2 aromatic carbocycles. The smallest absolute Gasteiger partial charge is 0.407 e. The van der Waals surface area contributed by atoms with Gasteiger partial charge in [-0.1, -0.05) is 48.5 Å². The van der Waals surface area contributed by atoms with E-state index in [0.29, 0.717) is 44.2 Å². The van der Waals surface area contributed by atoms with Gasteiger partial charge in [-0.25, -0.2) is 4.79 Å². The quantitative estimate of drug-likeness (QED) is 0.593. The van der Waals surface area contributed by atoms with E-state index in [2.05, 4.69) is 29.6 Å². The number of rotatable bonds is 8. The Morgan fingerprint density at radius 1 is 0.943 bits per heavy atom. The van der Waals surface area contributed by atoms with E-state index in [9.17, 15) is 14.4 Å². The number of carbonyl (C=O) groups excluding carboxylic acids is 2. The molecule has 0 radical (unpaired) electrons. The van der Waals surface area contributed by atoms with Gasteiger partial charge in [0.05, 0.1) is 5.92 Å². The minimum atomic E-state index is -0.771. The molecule has 184 valence electrons. The van der Waals surface area contributed by atoms with Crippen molar-refractivity contribution in [3.8, 4) is 11.1 Å². The number of hydrogen-bond acceptors (Lipinski definition) is 4. The van der Waals surface area contributed by atoms with Crippen LogP contribution >= 0.6 is 0 Å². The Labute approximate surface area is 205 Å². The Morgan fingerprint density at radius 2 is 1.54 bits per heavy atom. The third-order valence-corrected chi connectivity index (χ3v) is 8.08. The van der Waals surface area contributed by atoms with E-state index in [1.165, 1.54) is 22.3 Å². The highest BCUT2D eigenvalue weighted by molar-refractivity contribution is 5.79. The molecule has 0 unspecified atom stereocenters. The Balaban J connectivity index is 1.02. The molecule has 0 saturated heterocycles. The lowest BCUT2D eigenvalue weighted by atomic mass is 9.72. The average molecular weight is 477 g/mol. The first-order valence-corrected chi connectivity index (χ1v) is 12.5. The zero-order valence-electron chi connectivity index (χ0n) is 20.0. The van der Waals surface area contributed by atoms with Gasteiger partial charge in [-0.05, 0) is 59.8 Å². The number of ether oxygens (including phenoxy) is 1. The fourth-order valence-corrected chi connectivity index (χ4v) is 5.78. The van der Waals surface area contributed by atoms with Crippen molar-refractivity contribution in [2.75, 3.05) is 20.2 Å². The van der Waals surface area contributed by atoms with Gasteiger partial charge in [0.2, 0.25) is 5.91 Å². The summed E-state index contributed by atoms with van der Waals surface area (Å²) in [7, 11) is 1.78. The minimum Gasteiger partial charge on any atom is -0.481 e. The molecule has 0 atom stereocenters. The third kappa shape index (κ3) is 4.77. The number of hydrogen-bond donors (Lipinski definition) is 2. The predicted octanol–water partition coefficient (Wildman–Crippen LogP) is 4.26. The molecular formula is C28H32N2O5. The summed E-state index contributed by atoms with van der Waals surface area (Å²) >= 11 is 0. The number of carboxylic acids is 1. The number of fused-ring (bicyclic) bond motifs is 3. The van der Waals surface area contributed by atoms with Crippen LogP contribution in [-0.4, -0.2) is 54.2 Å². The van der Waals surface area contributed by atoms with Crippen LogP contribution in [0.3, 0.4) is 0 Å². The first kappa shape index (κ1) is 23.4. The van der Waals surface area contributed by atoms with Crippen LogP contribution in [0, 0.1) is 17.8 Å². The number of alkyl carbamates (subject to hydrolysis) is 1. The van der Waals surface area contributed by atoms with Crippen LogP contribution in [0.2, 0.25) is 0 Å². The molecule has 0 bridgehead atoms. The third-order valence-electron chi connectivity index (χ3n) is 8.08. The Hall–Kier alpha value is -3.35. The maximum Gasteiger partial charge on any atom is 0.407 e. The summed E-state index contributed by atoms with van der Waals surface area (Å²) < 4.78 is 5.60. The van der Waals surface area contributed by atoms with E-state index in [4.69, 9.17) is 9.84 Å². The molecule has 3 aliphatic carbocycles. The minimum absolute atomic E-state index is 0.0469. The Kier molecular flexibility index (Phi) is 6.50. The lowest BCUT2D eigenvalue weighted by molar-refractivity contribution is -0.150. The summed E-state index contributed by atoms with van der Waals surface area (Å²) in [5.41, 5.74) is 4.80. The van der Waals surface area contributed by atoms with Gasteiger partial charge in [-0.2, -0.15) is 0 Å². The molecule has 2 saturated carbocycles. The second-order valence-corrected chi connectivity index (χ2v) is 10.3. The first-order chi connectivity index (χ1) is 16.9. The highest BCUT2D eigenvalue weighted by Gasteiger charge is 2.39. The highest BCUT2D eigenvalue weighted by atomic mass is 16.5. The van der Waals surface area contributed by atoms with Crippen molar-refractivity contribution in [1.29, 1.82) is 0 Å². The summed E-state index contributed by atoms with van der Waals surface area (Å²) in [4.78, 5) is 37.6. The Bertz CT molecular complexity index is 1070. The molecule has 7 nitrogen and oxygen atoms in total. The fourth-order valence-electron chi connectivity index (χ4n) is 5.78. The normalized spacial score (nSPS) is 24.4. The van der Waals surface area contributed by atoms with Crippen LogP contribution in [0.1, 0.15) is 49.1 Å². The van der Waals surface area contributed by atoms with E-state index in [1.54, 1.807) is 11.9 Å². The van der Waals surface area contributed by atoms with Gasteiger partial charge in [0.1, 0.15) is 6.61 Å². The lowest BCUT2D eigenvalue weighted by Gasteiger charge is -2.41. The van der Waals surface area contributed by atoms with Crippen LogP contribution in [0.5, 0.6) is 0 Å². The van der Waals surface area contributed by atoms with Crippen molar-refractivity contribution in [3.63, 3.8) is 0 Å². The van der Waals surface area contributed by atoms with E-state index >= 15 is 0 Å². The summed E-state index contributed by atoms with van der Waals surface area (Å²) in [6.45, 7) is 0.859. The van der Waals surface area contributed by atoms with Gasteiger partial charge < -0.3 is 20.1 Å². The molecule has 2 fully saturated rings. The largest absolute Gasteiger partial charge is 0.481 e. The summed E-state index contributed by atoms with van der Waals surface area (Å²) in [6.07, 6.45) is 3.01. The molecule has 0 aromatic heterocycles. The van der Waals surface area contributed by atoms with Crippen LogP contribution < -0.4 is 5.32 Å². The van der Waals surface area contributed by atoms with E-state index < -0.39 is 12.1 Å². The molecule has 3 aliphatic rings. The number of nitrogens with one attached hydrogen (secondary N) is 1. The first-order valence-electron chi connectivity index (χ1n) is 12.5. The average Bonchev–Trinajstić information content (AvgIpc) is 3.11. The molecular weight excluding hydrogens is 444 g/mol. The fraction of sp³-hybridized carbons (Fsp3) is 0.464. The second-order valence-electron chi connectivity index (χ2n) is 10.3. The SMILES string of the molecule is CN(C(=O)CC1CC(CNC(=O)OCC2c3ccccc3-c3ccccc32)C1)C1CC(C(=O)O)C1. The van der Waals surface area contributed by atoms with Gasteiger partial charge in [0.15, 0.2) is 0 Å². The van der Waals surface area contributed by atoms with Crippen LogP contribution in [-0.2, 0) is 14.3 Å². The van der Waals surface area contributed by atoms with Crippen molar-refractivity contribution in [2.45, 2.75) is 44.1 Å². The zero-order chi connectivity index (χ0) is 24.5. The van der Waals surface area contributed by atoms with Gasteiger partial charge in [0, 0.05) is 32.0 Å². The molecule has 5 rings (SSSR count). The van der Waals surface area contributed by atoms with Crippen LogP contribution in [0.15, 0.2) is 48.5 Å². The maximum absolute atomic E-state index is 12.5. The summed E-state index contributed by atoms with van der Waals surface area (Å²) in [6, 6.07) is 16.6. The van der Waals surface area contributed by atoms with Crippen molar-refractivity contribution >= 4 is 18.0 Å². The summed E-state index contributed by atoms with van der Waals surface area (Å²) in [5.74, 6) is -0.258. The second kappa shape index (κ2) is 9.72. The molecule has 2 N–H and O–H groups in total. The van der Waals surface area contributed by atoms with E-state index in [0.717, 1.165) is 12.8 Å². The number of carbonyl (C=O) groups is 3. The number of nitrogens with zero attached hydrogens (tertiary/aromatic N) is 1. The monoisotopic (exact) mass is 476 g/mol. The topological polar surface area (TPSA) is 95.9 Å². The molecule has 0 aliphatic heterocycles. The highest BCUT2D eigenvalue weighted by Crippen LogP contribution is 2.44. The lowest BCUT2D eigenvalue weighted by Crippen LogP contribution is -2.48. The summed E-state index contributed by atoms with van der Waals surface area (Å²) in [5, 5.41) is 11.9. The van der Waals surface area contributed by atoms with E-state index in [1.807, 2.05) is 24.3 Å². The molecule has 7 heteroatoms. The van der Waals surface area contributed by atoms with Crippen LogP contribution in [0.4, 0.5) is 4.79 Å². The van der Waals surface area contributed by atoms with Gasteiger partial charge in [-0.3, -0.25) is 9.59 Å². The molecule has 35 heavy (non-hydrogen) atoms. The van der Waals surface area contributed by atoms with E-state index in [-0.39, 0.29) is 23.8 Å². The number of amides is 2. The van der Waals surface area contributed by atoms with Gasteiger partial charge in [0.25, 0.3) is 0 Å². The van der Waals surface area contributed by atoms with Gasteiger partial charge in [-0.15, -0.1) is 0 Å². The van der Waals surface area contributed by atoms with Crippen LogP contribution in [0.25, 0.3) is 11.1 Å². The molecule has 2 amide bonds. The standard InChI is InChI=1S/C28H32N2O5/c1-30(20-13-19(14-20)27(32)33)26(31)12-17-10-18(11-17)15-29-28(34)35-16-25-23-8-4-2-6-21(23)22-7-3-5-9-24(22)25/h2-9,17-20,25H,10-16H2,1H3,(H,29,34)(H,32,33). The number of carboxylic acid groups (broad SMARTS) is 1. The van der Waals surface area contributed by atoms with Crippen molar-refractivity contribution in [2.24, 2.45) is 17.8 Å².